The Balaban J connectivity index is 3.56. The van der Waals surface area contributed by atoms with Gasteiger partial charge in [-0.1, -0.05) is 46.4 Å². The van der Waals surface area contributed by atoms with Crippen LogP contribution in [0, 0.1) is 3.57 Å². The smallest absolute Gasteiger partial charge is 0.159 e. The second-order valence-electron chi connectivity index (χ2n) is 2.10. The maximum absolute atomic E-state index is 5.88. The number of benzene rings is 1. The van der Waals surface area contributed by atoms with Gasteiger partial charge in [-0.15, -0.1) is 0 Å². The van der Waals surface area contributed by atoms with Gasteiger partial charge in [-0.3, -0.25) is 0 Å². The molecular formula is C7H3Cl4IO. The molecule has 1 nitrogen and oxygen atoms in total. The van der Waals surface area contributed by atoms with Crippen molar-refractivity contribution in [1.29, 1.82) is 0 Å². The highest BCUT2D eigenvalue weighted by Crippen LogP contribution is 2.45. The molecule has 1 aromatic carbocycles. The first kappa shape index (κ1) is 12.0. The summed E-state index contributed by atoms with van der Waals surface area (Å²) in [5, 5.41) is 1.27. The van der Waals surface area contributed by atoms with E-state index in [-0.39, 0.29) is 10.0 Å². The van der Waals surface area contributed by atoms with E-state index < -0.39 is 0 Å². The molecule has 0 aromatic heterocycles. The van der Waals surface area contributed by atoms with Gasteiger partial charge in [-0.05, 0) is 22.6 Å². The quantitative estimate of drug-likeness (QED) is 0.387. The number of halogens is 5. The lowest BCUT2D eigenvalue weighted by Crippen LogP contribution is -1.90. The first-order valence-electron chi connectivity index (χ1n) is 3.06. The highest BCUT2D eigenvalue weighted by atomic mass is 127. The number of ether oxygens (including phenoxy) is 1. The van der Waals surface area contributed by atoms with Gasteiger partial charge in [0.1, 0.15) is 10.0 Å². The number of hydrogen-bond acceptors (Lipinski definition) is 1. The van der Waals surface area contributed by atoms with Gasteiger partial charge in [0.05, 0.1) is 20.7 Å². The topological polar surface area (TPSA) is 9.23 Å². The summed E-state index contributed by atoms with van der Waals surface area (Å²) in [6.45, 7) is 0. The Bertz CT molecular complexity index is 324. The molecule has 0 heterocycles. The van der Waals surface area contributed by atoms with Crippen LogP contribution in [0.2, 0.25) is 20.1 Å². The normalized spacial score (nSPS) is 10.3. The second kappa shape index (κ2) is 4.62. The van der Waals surface area contributed by atoms with E-state index in [1.165, 1.54) is 7.11 Å². The summed E-state index contributed by atoms with van der Waals surface area (Å²) in [6.07, 6.45) is 0. The number of hydrogen-bond donors (Lipinski definition) is 0. The maximum Gasteiger partial charge on any atom is 0.159 e. The Labute approximate surface area is 109 Å². The van der Waals surface area contributed by atoms with Crippen molar-refractivity contribution in [2.75, 3.05) is 7.11 Å². The van der Waals surface area contributed by atoms with Crippen molar-refractivity contribution in [2.45, 2.75) is 0 Å². The predicted molar refractivity (Wildman–Crippen MR) is 65.8 cm³/mol. The van der Waals surface area contributed by atoms with Crippen molar-refractivity contribution in [3.63, 3.8) is 0 Å². The molecule has 0 aliphatic rings. The molecule has 1 rings (SSSR count). The standard InChI is InChI=1S/C7H3Cl4IO/c1-13-7-4(10)2(8)6(12)3(9)5(7)11/h1H3. The molecule has 0 N–H and O–H groups in total. The van der Waals surface area contributed by atoms with E-state index in [0.29, 0.717) is 19.4 Å². The SMILES string of the molecule is COc1c(Cl)c(Cl)c(I)c(Cl)c1Cl. The minimum atomic E-state index is 0.281. The molecule has 0 unspecified atom stereocenters. The second-order valence-corrected chi connectivity index (χ2v) is 4.69. The minimum Gasteiger partial charge on any atom is -0.494 e. The first-order chi connectivity index (χ1) is 6.00. The van der Waals surface area contributed by atoms with Crippen LogP contribution in [0.3, 0.4) is 0 Å². The van der Waals surface area contributed by atoms with Crippen molar-refractivity contribution < 1.29 is 4.74 Å². The highest BCUT2D eigenvalue weighted by Gasteiger charge is 2.18. The molecule has 0 aliphatic heterocycles. The average molecular weight is 372 g/mol. The van der Waals surface area contributed by atoms with Gasteiger partial charge < -0.3 is 4.74 Å². The molecule has 1 aromatic rings. The van der Waals surface area contributed by atoms with Gasteiger partial charge in [-0.2, -0.15) is 0 Å². The van der Waals surface area contributed by atoms with Crippen LogP contribution in [0.1, 0.15) is 0 Å². The molecule has 0 bridgehead atoms. The predicted octanol–water partition coefficient (Wildman–Crippen LogP) is 4.91. The number of rotatable bonds is 1. The van der Waals surface area contributed by atoms with E-state index in [1.54, 1.807) is 0 Å². The monoisotopic (exact) mass is 370 g/mol. The summed E-state index contributed by atoms with van der Waals surface area (Å²) in [5.41, 5.74) is 0. The molecular weight excluding hydrogens is 369 g/mol. The van der Waals surface area contributed by atoms with Gasteiger partial charge in [0.25, 0.3) is 0 Å². The van der Waals surface area contributed by atoms with Crippen LogP contribution in [-0.2, 0) is 0 Å². The van der Waals surface area contributed by atoms with Crippen molar-refractivity contribution in [2.24, 2.45) is 0 Å². The van der Waals surface area contributed by atoms with E-state index >= 15 is 0 Å². The van der Waals surface area contributed by atoms with Crippen LogP contribution >= 0.6 is 69.0 Å². The minimum absolute atomic E-state index is 0.281. The fourth-order valence-electron chi connectivity index (χ4n) is 0.764. The summed E-state index contributed by atoms with van der Waals surface area (Å²) in [7, 11) is 1.45. The molecule has 0 saturated carbocycles. The first-order valence-corrected chi connectivity index (χ1v) is 5.65. The van der Waals surface area contributed by atoms with Crippen molar-refractivity contribution in [3.05, 3.63) is 23.7 Å². The zero-order valence-electron chi connectivity index (χ0n) is 6.30. The average Bonchev–Trinajstić information content (AvgIpc) is 2.13. The summed E-state index contributed by atoms with van der Waals surface area (Å²) >= 11 is 25.5. The Morgan fingerprint density at radius 3 is 1.62 bits per heavy atom. The highest BCUT2D eigenvalue weighted by molar-refractivity contribution is 14.1. The van der Waals surface area contributed by atoms with Gasteiger partial charge in [0.15, 0.2) is 5.75 Å². The van der Waals surface area contributed by atoms with E-state index in [9.17, 15) is 0 Å². The van der Waals surface area contributed by atoms with Crippen LogP contribution in [0.15, 0.2) is 0 Å². The summed E-state index contributed by atoms with van der Waals surface area (Å²) in [4.78, 5) is 0. The Morgan fingerprint density at radius 1 is 0.923 bits per heavy atom. The van der Waals surface area contributed by atoms with E-state index in [4.69, 9.17) is 51.1 Å². The fourth-order valence-corrected chi connectivity index (χ4v) is 2.61. The van der Waals surface area contributed by atoms with Gasteiger partial charge >= 0.3 is 0 Å². The van der Waals surface area contributed by atoms with E-state index in [1.807, 2.05) is 22.6 Å². The Kier molecular flexibility index (Phi) is 4.26. The Hall–Kier alpha value is 0.910. The van der Waals surface area contributed by atoms with E-state index in [2.05, 4.69) is 0 Å². The van der Waals surface area contributed by atoms with Crippen LogP contribution in [0.4, 0.5) is 0 Å². The van der Waals surface area contributed by atoms with Crippen LogP contribution in [0.5, 0.6) is 5.75 Å². The lowest BCUT2D eigenvalue weighted by molar-refractivity contribution is 0.415. The van der Waals surface area contributed by atoms with Crippen LogP contribution in [0.25, 0.3) is 0 Å². The third-order valence-corrected chi connectivity index (χ3v) is 4.76. The van der Waals surface area contributed by atoms with Gasteiger partial charge in [0, 0.05) is 0 Å². The summed E-state index contributed by atoms with van der Waals surface area (Å²) in [6, 6.07) is 0. The Morgan fingerprint density at radius 2 is 1.31 bits per heavy atom. The molecule has 0 spiro atoms. The lowest BCUT2D eigenvalue weighted by Gasteiger charge is -2.10. The van der Waals surface area contributed by atoms with Gasteiger partial charge in [0.2, 0.25) is 0 Å². The third-order valence-electron chi connectivity index (χ3n) is 1.37. The van der Waals surface area contributed by atoms with Crippen molar-refractivity contribution >= 4 is 69.0 Å². The van der Waals surface area contributed by atoms with Gasteiger partial charge in [-0.25, -0.2) is 0 Å². The molecule has 6 heteroatoms. The van der Waals surface area contributed by atoms with E-state index in [0.717, 1.165) is 0 Å². The fraction of sp³-hybridized carbons (Fsp3) is 0.143. The summed E-state index contributed by atoms with van der Waals surface area (Å²) in [5.74, 6) is 0.304. The molecule has 0 amide bonds. The van der Waals surface area contributed by atoms with Crippen LogP contribution in [-0.4, -0.2) is 7.11 Å². The molecule has 0 fully saturated rings. The molecule has 72 valence electrons. The van der Waals surface area contributed by atoms with Crippen molar-refractivity contribution in [3.8, 4) is 5.75 Å². The zero-order chi connectivity index (χ0) is 10.2. The zero-order valence-corrected chi connectivity index (χ0v) is 11.5. The number of methoxy groups -OCH3 is 1. The molecule has 0 radical (unpaired) electrons. The molecule has 0 saturated heterocycles. The van der Waals surface area contributed by atoms with Crippen molar-refractivity contribution in [1.82, 2.24) is 0 Å². The summed E-state index contributed by atoms with van der Waals surface area (Å²) < 4.78 is 5.58. The third kappa shape index (κ3) is 2.12. The molecule has 13 heavy (non-hydrogen) atoms. The lowest BCUT2D eigenvalue weighted by atomic mass is 10.3. The van der Waals surface area contributed by atoms with Crippen LogP contribution < -0.4 is 4.74 Å². The molecule has 0 aliphatic carbocycles. The molecule has 0 atom stereocenters. The largest absolute Gasteiger partial charge is 0.494 e. The maximum atomic E-state index is 5.88.